The Hall–Kier alpha value is -2.75. The highest BCUT2D eigenvalue weighted by Gasteiger charge is 2.12. The van der Waals surface area contributed by atoms with Gasteiger partial charge in [-0.1, -0.05) is 90.5 Å². The molecule has 0 bridgehead atoms. The summed E-state index contributed by atoms with van der Waals surface area (Å²) in [5.41, 5.74) is 6.25. The van der Waals surface area contributed by atoms with Gasteiger partial charge in [-0.05, 0) is 18.1 Å². The number of aromatic nitrogens is 1. The summed E-state index contributed by atoms with van der Waals surface area (Å²) in [6.07, 6.45) is 0. The molecule has 0 radical (unpaired) electrons. The van der Waals surface area contributed by atoms with Crippen LogP contribution in [0.15, 0.2) is 90.3 Å². The Morgan fingerprint density at radius 3 is 1.86 bits per heavy atom. The van der Waals surface area contributed by atoms with Gasteiger partial charge in [-0.3, -0.25) is 4.90 Å². The lowest BCUT2D eigenvalue weighted by molar-refractivity contribution is 0.245. The van der Waals surface area contributed by atoms with E-state index in [1.807, 2.05) is 0 Å². The minimum atomic E-state index is 0.839. The van der Waals surface area contributed by atoms with Gasteiger partial charge in [-0.2, -0.15) is 0 Å². The van der Waals surface area contributed by atoms with Crippen molar-refractivity contribution in [1.29, 1.82) is 0 Å². The quantitative estimate of drug-likeness (QED) is 0.370. The molecule has 1 heterocycles. The van der Waals surface area contributed by atoms with Crippen molar-refractivity contribution < 1.29 is 0 Å². The third-order valence-electron chi connectivity index (χ3n) is 4.73. The smallest absolute Gasteiger partial charge is 0.123 e. The first-order valence-corrected chi connectivity index (χ1v) is 10.5. The van der Waals surface area contributed by atoms with Crippen LogP contribution in [0.2, 0.25) is 0 Å². The summed E-state index contributed by atoms with van der Waals surface area (Å²) in [5.74, 6) is 0. The molecule has 0 saturated heterocycles. The van der Waals surface area contributed by atoms with Crippen molar-refractivity contribution in [3.05, 3.63) is 113 Å². The summed E-state index contributed by atoms with van der Waals surface area (Å²) in [6.45, 7) is 4.77. The summed E-state index contributed by atoms with van der Waals surface area (Å²) >= 11 is 1.73. The van der Waals surface area contributed by atoms with Gasteiger partial charge in [0, 0.05) is 30.6 Å². The molecule has 3 heteroatoms. The molecule has 0 amide bonds. The van der Waals surface area contributed by atoms with Gasteiger partial charge < -0.3 is 0 Å². The van der Waals surface area contributed by atoms with Crippen molar-refractivity contribution in [2.24, 2.45) is 0 Å². The Bertz CT molecular complexity index is 950. The van der Waals surface area contributed by atoms with E-state index in [4.69, 9.17) is 4.98 Å². The van der Waals surface area contributed by atoms with Crippen molar-refractivity contribution in [1.82, 2.24) is 9.88 Å². The molecule has 140 valence electrons. The van der Waals surface area contributed by atoms with Crippen LogP contribution in [0.4, 0.5) is 0 Å². The van der Waals surface area contributed by atoms with E-state index in [2.05, 4.69) is 102 Å². The third-order valence-corrected chi connectivity index (χ3v) is 5.67. The van der Waals surface area contributed by atoms with Crippen molar-refractivity contribution in [2.75, 3.05) is 0 Å². The molecule has 4 rings (SSSR count). The van der Waals surface area contributed by atoms with Gasteiger partial charge in [0.1, 0.15) is 5.01 Å². The zero-order valence-electron chi connectivity index (χ0n) is 16.1. The van der Waals surface area contributed by atoms with E-state index < -0.39 is 0 Å². The fourth-order valence-corrected chi connectivity index (χ4v) is 4.11. The lowest BCUT2D eigenvalue weighted by atomic mass is 10.1. The average molecular weight is 385 g/mol. The van der Waals surface area contributed by atoms with Crippen molar-refractivity contribution in [2.45, 2.75) is 26.6 Å². The zero-order chi connectivity index (χ0) is 19.2. The van der Waals surface area contributed by atoms with Crippen LogP contribution in [0.3, 0.4) is 0 Å². The molecule has 0 spiro atoms. The van der Waals surface area contributed by atoms with Crippen LogP contribution in [0.25, 0.3) is 10.6 Å². The maximum atomic E-state index is 4.91. The molecule has 3 aromatic carbocycles. The van der Waals surface area contributed by atoms with Crippen molar-refractivity contribution in [3.8, 4) is 10.6 Å². The molecular weight excluding hydrogens is 360 g/mol. The molecule has 1 aromatic heterocycles. The van der Waals surface area contributed by atoms with Gasteiger partial charge in [0.25, 0.3) is 0 Å². The summed E-state index contributed by atoms with van der Waals surface area (Å²) in [6, 6.07) is 29.9. The Kier molecular flexibility index (Phi) is 5.95. The van der Waals surface area contributed by atoms with Gasteiger partial charge >= 0.3 is 0 Å². The highest BCUT2D eigenvalue weighted by molar-refractivity contribution is 7.13. The van der Waals surface area contributed by atoms with Crippen LogP contribution in [-0.4, -0.2) is 9.88 Å². The molecule has 28 heavy (non-hydrogen) atoms. The van der Waals surface area contributed by atoms with Crippen LogP contribution in [0.1, 0.15) is 22.4 Å². The maximum Gasteiger partial charge on any atom is 0.123 e. The molecule has 0 aliphatic rings. The van der Waals surface area contributed by atoms with E-state index in [0.29, 0.717) is 0 Å². The average Bonchev–Trinajstić information content (AvgIpc) is 3.18. The second-order valence-electron chi connectivity index (χ2n) is 7.13. The van der Waals surface area contributed by atoms with Crippen LogP contribution in [0.5, 0.6) is 0 Å². The number of benzene rings is 3. The fourth-order valence-electron chi connectivity index (χ4n) is 3.29. The number of nitrogens with zero attached hydrogens (tertiary/aromatic N) is 2. The zero-order valence-corrected chi connectivity index (χ0v) is 16.9. The summed E-state index contributed by atoms with van der Waals surface area (Å²) < 4.78 is 0. The second kappa shape index (κ2) is 8.96. The first kappa shape index (κ1) is 18.6. The molecule has 0 fully saturated rings. The Morgan fingerprint density at radius 2 is 1.29 bits per heavy atom. The minimum absolute atomic E-state index is 0.839. The van der Waals surface area contributed by atoms with Gasteiger partial charge in [0.2, 0.25) is 0 Å². The first-order valence-electron chi connectivity index (χ1n) is 9.58. The monoisotopic (exact) mass is 384 g/mol. The van der Waals surface area contributed by atoms with E-state index in [0.717, 1.165) is 30.3 Å². The van der Waals surface area contributed by atoms with Crippen molar-refractivity contribution >= 4 is 11.3 Å². The molecule has 0 N–H and O–H groups in total. The molecule has 0 saturated carbocycles. The van der Waals surface area contributed by atoms with Gasteiger partial charge in [-0.15, -0.1) is 11.3 Å². The van der Waals surface area contributed by atoms with E-state index >= 15 is 0 Å². The van der Waals surface area contributed by atoms with E-state index in [1.165, 1.54) is 22.3 Å². The van der Waals surface area contributed by atoms with E-state index in [-0.39, 0.29) is 0 Å². The minimum Gasteiger partial charge on any atom is -0.289 e. The number of hydrogen-bond acceptors (Lipinski definition) is 3. The fraction of sp³-hybridized carbons (Fsp3) is 0.160. The third kappa shape index (κ3) is 4.94. The molecule has 0 atom stereocenters. The van der Waals surface area contributed by atoms with Gasteiger partial charge in [0.05, 0.1) is 5.69 Å². The maximum absolute atomic E-state index is 4.91. The molecule has 0 unspecified atom stereocenters. The van der Waals surface area contributed by atoms with Crippen LogP contribution in [0, 0.1) is 6.92 Å². The van der Waals surface area contributed by atoms with Crippen LogP contribution < -0.4 is 0 Å². The molecule has 4 aromatic rings. The molecule has 0 aliphatic heterocycles. The Morgan fingerprint density at radius 1 is 0.714 bits per heavy atom. The predicted molar refractivity (Wildman–Crippen MR) is 118 cm³/mol. The molecule has 2 nitrogen and oxygen atoms in total. The van der Waals surface area contributed by atoms with E-state index in [1.54, 1.807) is 11.3 Å². The van der Waals surface area contributed by atoms with Crippen LogP contribution in [-0.2, 0) is 19.6 Å². The normalized spacial score (nSPS) is 11.1. The lowest BCUT2D eigenvalue weighted by Gasteiger charge is -2.21. The number of hydrogen-bond donors (Lipinski definition) is 0. The Labute approximate surface area is 171 Å². The van der Waals surface area contributed by atoms with Gasteiger partial charge in [-0.25, -0.2) is 4.98 Å². The highest BCUT2D eigenvalue weighted by atomic mass is 32.1. The van der Waals surface area contributed by atoms with Crippen LogP contribution >= 0.6 is 11.3 Å². The van der Waals surface area contributed by atoms with E-state index in [9.17, 15) is 0 Å². The largest absolute Gasteiger partial charge is 0.289 e. The molecular formula is C25H24N2S. The second-order valence-corrected chi connectivity index (χ2v) is 7.98. The number of thiazole rings is 1. The lowest BCUT2D eigenvalue weighted by Crippen LogP contribution is -2.22. The standard InChI is InChI=1S/C25H24N2S/c1-20-12-14-23(15-13-20)25-26-24(19-28-25)18-27(16-21-8-4-2-5-9-21)17-22-10-6-3-7-11-22/h2-15,19H,16-18H2,1H3. The topological polar surface area (TPSA) is 16.1 Å². The number of rotatable bonds is 7. The highest BCUT2D eigenvalue weighted by Crippen LogP contribution is 2.25. The SMILES string of the molecule is Cc1ccc(-c2nc(CN(Cc3ccccc3)Cc3ccccc3)cs2)cc1. The summed E-state index contributed by atoms with van der Waals surface area (Å²) in [5, 5.41) is 3.28. The molecule has 0 aliphatic carbocycles. The summed E-state index contributed by atoms with van der Waals surface area (Å²) in [7, 11) is 0. The summed E-state index contributed by atoms with van der Waals surface area (Å²) in [4.78, 5) is 7.37. The van der Waals surface area contributed by atoms with Crippen molar-refractivity contribution in [3.63, 3.8) is 0 Å². The predicted octanol–water partition coefficient (Wildman–Crippen LogP) is 6.32. The van der Waals surface area contributed by atoms with Gasteiger partial charge in [0.15, 0.2) is 0 Å². The first-order chi connectivity index (χ1) is 13.8. The Balaban J connectivity index is 1.52. The number of aryl methyl sites for hydroxylation is 1.